The van der Waals surface area contributed by atoms with Crippen LogP contribution in [0, 0.1) is 22.7 Å². The zero-order chi connectivity index (χ0) is 33.5. The number of hydrogen-bond donors (Lipinski definition) is 1. The average molecular weight is 696 g/mol. The van der Waals surface area contributed by atoms with E-state index in [9.17, 15) is 40.4 Å². The van der Waals surface area contributed by atoms with Gasteiger partial charge in [-0.15, -0.1) is 10.2 Å². The van der Waals surface area contributed by atoms with Crippen LogP contribution in [-0.2, 0) is 21.4 Å². The molecular formula is C30H30F5N7O3S2. The Balaban J connectivity index is 1.41. The molecule has 250 valence electrons. The Hall–Kier alpha value is -3.49. The first-order chi connectivity index (χ1) is 22.1. The molecule has 4 aliphatic rings. The van der Waals surface area contributed by atoms with Crippen LogP contribution >= 0.6 is 11.3 Å². The van der Waals surface area contributed by atoms with Gasteiger partial charge in [-0.1, -0.05) is 37.2 Å². The van der Waals surface area contributed by atoms with Gasteiger partial charge in [-0.3, -0.25) is 9.48 Å². The molecule has 3 aromatic rings. The van der Waals surface area contributed by atoms with Crippen LogP contribution in [0.3, 0.4) is 0 Å². The maximum absolute atomic E-state index is 14.0. The van der Waals surface area contributed by atoms with E-state index in [1.165, 1.54) is 6.07 Å². The Morgan fingerprint density at radius 2 is 1.94 bits per heavy atom. The van der Waals surface area contributed by atoms with Crippen LogP contribution in [0.25, 0.3) is 27.2 Å². The lowest BCUT2D eigenvalue weighted by Gasteiger charge is -2.29. The largest absolute Gasteiger partial charge is 0.408 e. The molecule has 47 heavy (non-hydrogen) atoms. The number of likely N-dealkylation sites (tertiary alicyclic amines) is 1. The van der Waals surface area contributed by atoms with E-state index in [0.29, 0.717) is 47.4 Å². The summed E-state index contributed by atoms with van der Waals surface area (Å²) >= 11 is 0.448. The first-order valence-corrected chi connectivity index (χ1v) is 17.6. The normalized spacial score (nSPS) is 24.3. The fraction of sp³-hybridized carbons (Fsp3) is 0.567. The van der Waals surface area contributed by atoms with Crippen molar-refractivity contribution in [1.29, 1.82) is 5.26 Å². The molecule has 10 nitrogen and oxygen atoms in total. The van der Waals surface area contributed by atoms with Crippen molar-refractivity contribution < 1.29 is 35.2 Å². The third-order valence-corrected chi connectivity index (χ3v) is 12.0. The molecule has 2 unspecified atom stereocenters. The molecule has 2 bridgehead atoms. The van der Waals surface area contributed by atoms with Crippen LogP contribution in [0.4, 0.5) is 22.0 Å². The summed E-state index contributed by atoms with van der Waals surface area (Å²) in [6.07, 6.45) is -0.718. The van der Waals surface area contributed by atoms with Crippen LogP contribution in [0.1, 0.15) is 75.3 Å². The van der Waals surface area contributed by atoms with Crippen molar-refractivity contribution in [1.82, 2.24) is 29.6 Å². The highest BCUT2D eigenvalue weighted by molar-refractivity contribution is 7.89. The first kappa shape index (κ1) is 32.1. The summed E-state index contributed by atoms with van der Waals surface area (Å²) in [5.74, 6) is 0.00151. The predicted molar refractivity (Wildman–Crippen MR) is 160 cm³/mol. The summed E-state index contributed by atoms with van der Waals surface area (Å²) in [6.45, 7) is 0.854. The van der Waals surface area contributed by atoms with Crippen LogP contribution in [0.2, 0.25) is 0 Å². The first-order valence-electron chi connectivity index (χ1n) is 15.3. The number of halogens is 5. The molecule has 1 aromatic carbocycles. The van der Waals surface area contributed by atoms with Gasteiger partial charge in [0.1, 0.15) is 17.8 Å². The minimum absolute atomic E-state index is 0.0451. The monoisotopic (exact) mass is 695 g/mol. The van der Waals surface area contributed by atoms with Gasteiger partial charge in [0, 0.05) is 34.9 Å². The Kier molecular flexibility index (Phi) is 7.52. The van der Waals surface area contributed by atoms with Gasteiger partial charge in [0.05, 0.1) is 16.5 Å². The van der Waals surface area contributed by atoms with E-state index >= 15 is 0 Å². The number of carbonyl (C=O) groups excluding carboxylic acids is 1. The number of aromatic nitrogens is 4. The van der Waals surface area contributed by atoms with Gasteiger partial charge in [0.25, 0.3) is 6.43 Å². The second kappa shape index (κ2) is 11.0. The molecule has 2 atom stereocenters. The minimum atomic E-state index is -4.74. The fourth-order valence-electron chi connectivity index (χ4n) is 7.33. The van der Waals surface area contributed by atoms with E-state index in [1.54, 1.807) is 0 Å². The van der Waals surface area contributed by atoms with Crippen molar-refractivity contribution in [2.24, 2.45) is 11.3 Å². The molecule has 0 spiro atoms. The van der Waals surface area contributed by atoms with E-state index in [-0.39, 0.29) is 56.4 Å². The highest BCUT2D eigenvalue weighted by Crippen LogP contribution is 2.49. The molecule has 3 aliphatic carbocycles. The standard InChI is InChI=1S/C30H30F5N7O3S2/c1-28-11-17(8-18(12-28)41(14-28)27(43)16-4-2-3-5-16)20-9-19(47(44,45)40-29(13-36)6-7-29)10-21-22(25-37-38-26(46-25)24(31)32)39-42(23(20)21)15-30(33,34)35/h9-11,16,18,24,40H,2-8,12,14-15H2,1H3. The van der Waals surface area contributed by atoms with E-state index in [0.717, 1.165) is 31.7 Å². The number of alkyl halides is 5. The van der Waals surface area contributed by atoms with E-state index < -0.39 is 45.1 Å². The summed E-state index contributed by atoms with van der Waals surface area (Å²) in [4.78, 5) is 15.1. The lowest BCUT2D eigenvalue weighted by atomic mass is 9.77. The highest BCUT2D eigenvalue weighted by Gasteiger charge is 2.49. The van der Waals surface area contributed by atoms with E-state index in [1.807, 2.05) is 24.0 Å². The highest BCUT2D eigenvalue weighted by atomic mass is 32.2. The number of fused-ring (bicyclic) bond motifs is 3. The van der Waals surface area contributed by atoms with Gasteiger partial charge in [0.15, 0.2) is 10.0 Å². The second-order valence-electron chi connectivity index (χ2n) is 13.4. The molecule has 2 aromatic heterocycles. The molecule has 0 radical (unpaired) electrons. The Bertz CT molecular complexity index is 1960. The van der Waals surface area contributed by atoms with Crippen LogP contribution in [-0.4, -0.2) is 63.5 Å². The number of sulfonamides is 1. The Morgan fingerprint density at radius 1 is 1.21 bits per heavy atom. The number of nitrogens with zero attached hydrogens (tertiary/aromatic N) is 6. The molecule has 7 rings (SSSR count). The third-order valence-electron chi connectivity index (χ3n) is 9.57. The van der Waals surface area contributed by atoms with Gasteiger partial charge in [-0.05, 0) is 56.2 Å². The quantitative estimate of drug-likeness (QED) is 0.287. The topological polar surface area (TPSA) is 134 Å². The summed E-state index contributed by atoms with van der Waals surface area (Å²) < 4.78 is 99.4. The van der Waals surface area contributed by atoms with Crippen LogP contribution < -0.4 is 4.72 Å². The van der Waals surface area contributed by atoms with Crippen molar-refractivity contribution in [2.45, 2.75) is 93.9 Å². The van der Waals surface area contributed by atoms with Gasteiger partial charge >= 0.3 is 6.18 Å². The molecule has 1 saturated heterocycles. The SMILES string of the molecule is CC12C=C(c3cc(S(=O)(=O)NC4(C#N)CC4)cc4c(-c5nnc(C(F)F)s5)nn(CC(F)(F)F)c34)CC(C1)N(C(=O)C1CCCC1)C2. The van der Waals surface area contributed by atoms with Crippen molar-refractivity contribution in [2.75, 3.05) is 6.54 Å². The molecule has 2 saturated carbocycles. The number of rotatable bonds is 8. The molecule has 1 N–H and O–H groups in total. The summed E-state index contributed by atoms with van der Waals surface area (Å²) in [7, 11) is -4.39. The number of amides is 1. The smallest absolute Gasteiger partial charge is 0.338 e. The molecule has 17 heteroatoms. The second-order valence-corrected chi connectivity index (χ2v) is 16.1. The summed E-state index contributed by atoms with van der Waals surface area (Å²) in [5, 5.41) is 20.1. The molecule has 1 amide bonds. The van der Waals surface area contributed by atoms with Crippen LogP contribution in [0.5, 0.6) is 0 Å². The van der Waals surface area contributed by atoms with E-state index in [4.69, 9.17) is 0 Å². The lowest BCUT2D eigenvalue weighted by molar-refractivity contribution is -0.141. The number of nitrogens with one attached hydrogen (secondary N) is 1. The van der Waals surface area contributed by atoms with Gasteiger partial charge < -0.3 is 4.90 Å². The number of nitriles is 1. The van der Waals surface area contributed by atoms with Gasteiger partial charge in [-0.2, -0.15) is 28.3 Å². The minimum Gasteiger partial charge on any atom is -0.338 e. The Labute approximate surface area is 270 Å². The van der Waals surface area contributed by atoms with Crippen LogP contribution in [0.15, 0.2) is 23.1 Å². The molecule has 1 aliphatic heterocycles. The molecule has 3 heterocycles. The van der Waals surface area contributed by atoms with Crippen molar-refractivity contribution in [3.8, 4) is 16.8 Å². The maximum atomic E-state index is 14.0. The number of carbonyl (C=O) groups is 1. The maximum Gasteiger partial charge on any atom is 0.408 e. The zero-order valence-corrected chi connectivity index (χ0v) is 26.8. The van der Waals surface area contributed by atoms with Crippen molar-refractivity contribution >= 4 is 43.7 Å². The number of hydrogen-bond acceptors (Lipinski definition) is 8. The molecular weight excluding hydrogens is 665 g/mol. The lowest BCUT2D eigenvalue weighted by Crippen LogP contribution is -2.39. The van der Waals surface area contributed by atoms with E-state index in [2.05, 4.69) is 20.0 Å². The predicted octanol–water partition coefficient (Wildman–Crippen LogP) is 5.97. The average Bonchev–Trinajstić information content (AvgIpc) is 3.44. The zero-order valence-electron chi connectivity index (χ0n) is 25.1. The fourth-order valence-corrected chi connectivity index (χ4v) is 9.46. The van der Waals surface area contributed by atoms with Gasteiger partial charge in [-0.25, -0.2) is 17.2 Å². The molecule has 3 fully saturated rings. The summed E-state index contributed by atoms with van der Waals surface area (Å²) in [6, 6.07) is 4.15. The number of benzene rings is 1. The third kappa shape index (κ3) is 5.92. The van der Waals surface area contributed by atoms with Crippen molar-refractivity contribution in [3.63, 3.8) is 0 Å². The Morgan fingerprint density at radius 3 is 2.55 bits per heavy atom. The summed E-state index contributed by atoms with van der Waals surface area (Å²) in [5.41, 5.74) is -1.37. The van der Waals surface area contributed by atoms with Crippen molar-refractivity contribution in [3.05, 3.63) is 28.8 Å². The van der Waals surface area contributed by atoms with Gasteiger partial charge in [0.2, 0.25) is 15.9 Å².